The third-order valence-electron chi connectivity index (χ3n) is 0.922. The Morgan fingerprint density at radius 1 is 1.44 bits per heavy atom. The molecular weight excluding hydrogens is 114 g/mol. The Morgan fingerprint density at radius 2 is 1.89 bits per heavy atom. The molecule has 0 saturated heterocycles. The van der Waals surface area contributed by atoms with Gasteiger partial charge in [-0.25, -0.2) is 0 Å². The highest BCUT2D eigenvalue weighted by molar-refractivity contribution is 4.93. The molecule has 0 atom stereocenters. The van der Waals surface area contributed by atoms with Crippen molar-refractivity contribution in [1.29, 1.82) is 0 Å². The van der Waals surface area contributed by atoms with Crippen LogP contribution in [-0.2, 0) is 0 Å². The fourth-order valence-electron chi connectivity index (χ4n) is 0.721. The normalized spacial score (nSPS) is 11.6. The minimum Gasteiger partial charge on any atom is -0.392 e. The second kappa shape index (κ2) is 2.99. The van der Waals surface area contributed by atoms with E-state index in [2.05, 4.69) is 27.7 Å². The number of hydrogen-bond acceptors (Lipinski definition) is 1. The van der Waals surface area contributed by atoms with Crippen molar-refractivity contribution in [3.05, 3.63) is 12.2 Å². The van der Waals surface area contributed by atoms with E-state index in [1.165, 1.54) is 0 Å². The molecule has 0 aliphatic carbocycles. The van der Waals surface area contributed by atoms with Crippen molar-refractivity contribution in [3.63, 3.8) is 0 Å². The number of aliphatic hydroxyl groups excluding tert-OH is 1. The van der Waals surface area contributed by atoms with Crippen LogP contribution >= 0.6 is 0 Å². The van der Waals surface area contributed by atoms with Gasteiger partial charge in [0.1, 0.15) is 6.54 Å². The van der Waals surface area contributed by atoms with Crippen molar-refractivity contribution < 1.29 is 9.59 Å². The molecule has 1 N–H and O–H groups in total. The van der Waals surface area contributed by atoms with Crippen LogP contribution in [0.3, 0.4) is 0 Å². The summed E-state index contributed by atoms with van der Waals surface area (Å²) in [4.78, 5) is 0. The summed E-state index contributed by atoms with van der Waals surface area (Å²) in [5.41, 5.74) is 0.891. The molecule has 0 radical (unpaired) electrons. The Labute approximate surface area is 57.0 Å². The molecule has 0 bridgehead atoms. The molecule has 0 aliphatic heterocycles. The molecule has 0 aromatic heterocycles. The van der Waals surface area contributed by atoms with Gasteiger partial charge in [-0.2, -0.15) is 0 Å². The van der Waals surface area contributed by atoms with Gasteiger partial charge >= 0.3 is 0 Å². The third-order valence-corrected chi connectivity index (χ3v) is 0.922. The Bertz CT molecular complexity index is 102. The highest BCUT2D eigenvalue weighted by atomic mass is 16.3. The topological polar surface area (TPSA) is 20.2 Å². The van der Waals surface area contributed by atoms with Crippen LogP contribution in [0.15, 0.2) is 12.2 Å². The van der Waals surface area contributed by atoms with Gasteiger partial charge in [0.25, 0.3) is 0 Å². The first-order chi connectivity index (χ1) is 3.95. The molecule has 0 fully saturated rings. The minimum absolute atomic E-state index is 0.107. The van der Waals surface area contributed by atoms with Crippen LogP contribution in [0.4, 0.5) is 0 Å². The smallest absolute Gasteiger partial charge is 0.102 e. The molecule has 54 valence electrons. The van der Waals surface area contributed by atoms with Gasteiger partial charge in [0, 0.05) is 5.57 Å². The molecule has 0 aromatic carbocycles. The van der Waals surface area contributed by atoms with E-state index in [9.17, 15) is 0 Å². The van der Waals surface area contributed by atoms with Gasteiger partial charge in [-0.15, -0.1) is 0 Å². The standard InChI is InChI=1S/C7H16NO/c1-7(6-9)5-8(2,3)4/h9H,1,5-6H2,2-4H3/q+1. The zero-order valence-corrected chi connectivity index (χ0v) is 6.52. The lowest BCUT2D eigenvalue weighted by atomic mass is 10.3. The lowest BCUT2D eigenvalue weighted by molar-refractivity contribution is -0.865. The van der Waals surface area contributed by atoms with E-state index in [0.717, 1.165) is 16.6 Å². The van der Waals surface area contributed by atoms with E-state index in [0.29, 0.717) is 0 Å². The summed E-state index contributed by atoms with van der Waals surface area (Å²) in [6.45, 7) is 4.64. The number of aliphatic hydroxyl groups is 1. The fraction of sp³-hybridized carbons (Fsp3) is 0.714. The van der Waals surface area contributed by atoms with Gasteiger partial charge in [0.15, 0.2) is 0 Å². The monoisotopic (exact) mass is 130 g/mol. The summed E-state index contributed by atoms with van der Waals surface area (Å²) in [5.74, 6) is 0. The third kappa shape index (κ3) is 5.53. The van der Waals surface area contributed by atoms with Crippen molar-refractivity contribution in [1.82, 2.24) is 0 Å². The van der Waals surface area contributed by atoms with Crippen molar-refractivity contribution in [2.24, 2.45) is 0 Å². The van der Waals surface area contributed by atoms with Crippen molar-refractivity contribution >= 4 is 0 Å². The quantitative estimate of drug-likeness (QED) is 0.428. The summed E-state index contributed by atoms with van der Waals surface area (Å²) in [6, 6.07) is 0. The highest BCUT2D eigenvalue weighted by Crippen LogP contribution is 1.96. The van der Waals surface area contributed by atoms with Gasteiger partial charge in [-0.1, -0.05) is 6.58 Å². The van der Waals surface area contributed by atoms with Gasteiger partial charge in [0.05, 0.1) is 27.7 Å². The Hall–Kier alpha value is -0.340. The fourth-order valence-corrected chi connectivity index (χ4v) is 0.721. The van der Waals surface area contributed by atoms with Crippen LogP contribution in [0.5, 0.6) is 0 Å². The minimum atomic E-state index is 0.107. The Morgan fingerprint density at radius 3 is 2.00 bits per heavy atom. The average molecular weight is 130 g/mol. The SMILES string of the molecule is C=C(CO)C[N+](C)(C)C. The van der Waals surface area contributed by atoms with Crippen LogP contribution in [0.2, 0.25) is 0 Å². The van der Waals surface area contributed by atoms with E-state index in [4.69, 9.17) is 5.11 Å². The number of rotatable bonds is 3. The van der Waals surface area contributed by atoms with Crippen LogP contribution < -0.4 is 0 Å². The summed E-state index contributed by atoms with van der Waals surface area (Å²) in [5, 5.41) is 8.59. The summed E-state index contributed by atoms with van der Waals surface area (Å²) in [6.07, 6.45) is 0. The summed E-state index contributed by atoms with van der Waals surface area (Å²) in [7, 11) is 6.21. The summed E-state index contributed by atoms with van der Waals surface area (Å²) < 4.78 is 0.833. The van der Waals surface area contributed by atoms with E-state index in [-0.39, 0.29) is 6.61 Å². The van der Waals surface area contributed by atoms with Crippen molar-refractivity contribution in [2.75, 3.05) is 34.3 Å². The molecule has 2 heteroatoms. The molecule has 2 nitrogen and oxygen atoms in total. The number of nitrogens with zero attached hydrogens (tertiary/aromatic N) is 1. The number of likely N-dealkylation sites (N-methyl/N-ethyl adjacent to an activating group) is 1. The van der Waals surface area contributed by atoms with Crippen LogP contribution in [0.1, 0.15) is 0 Å². The zero-order valence-electron chi connectivity index (χ0n) is 6.52. The van der Waals surface area contributed by atoms with Gasteiger partial charge in [0.2, 0.25) is 0 Å². The highest BCUT2D eigenvalue weighted by Gasteiger charge is 2.07. The zero-order chi connectivity index (χ0) is 7.49. The maximum Gasteiger partial charge on any atom is 0.102 e. The molecule has 0 unspecified atom stereocenters. The lowest BCUT2D eigenvalue weighted by Crippen LogP contribution is -2.36. The molecule has 0 rings (SSSR count). The first-order valence-electron chi connectivity index (χ1n) is 3.03. The molecule has 0 saturated carbocycles. The number of hydrogen-bond donors (Lipinski definition) is 1. The first-order valence-corrected chi connectivity index (χ1v) is 3.03. The van der Waals surface area contributed by atoms with E-state index in [1.54, 1.807) is 0 Å². The van der Waals surface area contributed by atoms with Crippen LogP contribution in [0, 0.1) is 0 Å². The first kappa shape index (κ1) is 8.66. The number of quaternary nitrogens is 1. The molecule has 0 aliphatic rings. The Balaban J connectivity index is 3.60. The average Bonchev–Trinajstić information content (AvgIpc) is 1.62. The van der Waals surface area contributed by atoms with Gasteiger partial charge in [-0.3, -0.25) is 0 Å². The molecule has 0 aromatic rings. The molecular formula is C7H16NO+. The molecule has 9 heavy (non-hydrogen) atoms. The Kier molecular flexibility index (Phi) is 2.88. The predicted molar refractivity (Wildman–Crippen MR) is 39.1 cm³/mol. The predicted octanol–water partition coefficient (Wildman–Crippen LogP) is 0.241. The van der Waals surface area contributed by atoms with Crippen LogP contribution in [0.25, 0.3) is 0 Å². The molecule has 0 heterocycles. The maximum atomic E-state index is 8.59. The second-order valence-electron chi connectivity index (χ2n) is 3.36. The van der Waals surface area contributed by atoms with Gasteiger partial charge in [-0.05, 0) is 0 Å². The van der Waals surface area contributed by atoms with Gasteiger partial charge < -0.3 is 9.59 Å². The maximum absolute atomic E-state index is 8.59. The van der Waals surface area contributed by atoms with Crippen molar-refractivity contribution in [3.8, 4) is 0 Å². The largest absolute Gasteiger partial charge is 0.392 e. The summed E-state index contributed by atoms with van der Waals surface area (Å²) >= 11 is 0. The molecule has 0 amide bonds. The van der Waals surface area contributed by atoms with E-state index >= 15 is 0 Å². The van der Waals surface area contributed by atoms with Crippen molar-refractivity contribution in [2.45, 2.75) is 0 Å². The van der Waals surface area contributed by atoms with E-state index < -0.39 is 0 Å². The lowest BCUT2D eigenvalue weighted by Gasteiger charge is -2.24. The van der Waals surface area contributed by atoms with E-state index in [1.807, 2.05) is 0 Å². The van der Waals surface area contributed by atoms with Crippen LogP contribution in [-0.4, -0.2) is 43.9 Å². The molecule has 0 spiro atoms. The second-order valence-corrected chi connectivity index (χ2v) is 3.36.